The maximum absolute atomic E-state index is 2.45. The smallest absolute Gasteiger partial charge is 0.0433 e. The molecule has 0 nitrogen and oxygen atoms in total. The van der Waals surface area contributed by atoms with Crippen LogP contribution >= 0.6 is 22.7 Å². The van der Waals surface area contributed by atoms with E-state index in [4.69, 9.17) is 0 Å². The molecule has 0 saturated heterocycles. The van der Waals surface area contributed by atoms with Crippen molar-refractivity contribution >= 4 is 106 Å². The van der Waals surface area contributed by atoms with E-state index in [2.05, 4.69) is 158 Å². The third-order valence-corrected chi connectivity index (χ3v) is 12.5. The van der Waals surface area contributed by atoms with Crippen molar-refractivity contribution in [1.29, 1.82) is 0 Å². The zero-order chi connectivity index (χ0) is 31.3. The summed E-state index contributed by atoms with van der Waals surface area (Å²) in [4.78, 5) is 0. The number of fused-ring (bicyclic) bond motifs is 11. The molecular weight excluding hydrogens is 617 g/mol. The molecule has 0 spiro atoms. The summed E-state index contributed by atoms with van der Waals surface area (Å²) in [7, 11) is 0. The Morgan fingerprint density at radius 3 is 1.48 bits per heavy atom. The van der Waals surface area contributed by atoms with Gasteiger partial charge in [-0.3, -0.25) is 0 Å². The van der Waals surface area contributed by atoms with Crippen LogP contribution in [0.3, 0.4) is 0 Å². The molecule has 48 heavy (non-hydrogen) atoms. The van der Waals surface area contributed by atoms with Crippen LogP contribution in [0.2, 0.25) is 0 Å². The lowest BCUT2D eigenvalue weighted by molar-refractivity contribution is 1.69. The lowest BCUT2D eigenvalue weighted by Gasteiger charge is -2.18. The topological polar surface area (TPSA) is 0 Å². The molecular formula is C46H26S2. The average molecular weight is 643 g/mol. The molecule has 0 saturated carbocycles. The number of hydrogen-bond acceptors (Lipinski definition) is 2. The van der Waals surface area contributed by atoms with E-state index < -0.39 is 0 Å². The van der Waals surface area contributed by atoms with Gasteiger partial charge in [0.05, 0.1) is 0 Å². The van der Waals surface area contributed by atoms with Gasteiger partial charge in [-0.05, 0) is 95.7 Å². The summed E-state index contributed by atoms with van der Waals surface area (Å²) in [6, 6.07) is 58.9. The van der Waals surface area contributed by atoms with Gasteiger partial charge in [0.15, 0.2) is 0 Å². The van der Waals surface area contributed by atoms with Crippen molar-refractivity contribution in [3.05, 3.63) is 158 Å². The maximum atomic E-state index is 2.45. The summed E-state index contributed by atoms with van der Waals surface area (Å²) in [5.41, 5.74) is 5.13. The minimum Gasteiger partial charge on any atom is -0.135 e. The molecule has 0 aliphatic rings. The maximum Gasteiger partial charge on any atom is 0.0433 e. The predicted octanol–water partition coefficient (Wildman–Crippen LogP) is 14.4. The molecule has 0 atom stereocenters. The van der Waals surface area contributed by atoms with Crippen molar-refractivity contribution in [2.75, 3.05) is 0 Å². The molecule has 0 aliphatic carbocycles. The number of thiophene rings is 2. The van der Waals surface area contributed by atoms with Crippen molar-refractivity contribution < 1.29 is 0 Å². The highest BCUT2D eigenvalue weighted by atomic mass is 32.1. The van der Waals surface area contributed by atoms with Gasteiger partial charge in [0, 0.05) is 40.3 Å². The van der Waals surface area contributed by atoms with E-state index in [0.717, 1.165) is 0 Å². The Morgan fingerprint density at radius 2 is 0.771 bits per heavy atom. The Morgan fingerprint density at radius 1 is 0.271 bits per heavy atom. The predicted molar refractivity (Wildman–Crippen MR) is 213 cm³/mol. The largest absolute Gasteiger partial charge is 0.135 e. The Hall–Kier alpha value is -5.54. The molecule has 0 amide bonds. The summed E-state index contributed by atoms with van der Waals surface area (Å²) >= 11 is 3.84. The Bertz CT molecular complexity index is 3060. The number of rotatable bonds is 2. The summed E-state index contributed by atoms with van der Waals surface area (Å²) in [5.74, 6) is 0. The first-order chi connectivity index (χ1) is 23.8. The highest BCUT2D eigenvalue weighted by Gasteiger charge is 2.18. The summed E-state index contributed by atoms with van der Waals surface area (Å²) in [6.45, 7) is 0. The summed E-state index contributed by atoms with van der Waals surface area (Å²) in [6.07, 6.45) is 0. The lowest BCUT2D eigenvalue weighted by atomic mass is 9.85. The second-order valence-corrected chi connectivity index (χ2v) is 15.0. The molecule has 9 aromatic carbocycles. The average Bonchev–Trinajstić information content (AvgIpc) is 3.69. The van der Waals surface area contributed by atoms with E-state index in [1.807, 2.05) is 22.7 Å². The van der Waals surface area contributed by atoms with Gasteiger partial charge in [0.1, 0.15) is 0 Å². The fourth-order valence-corrected chi connectivity index (χ4v) is 10.4. The van der Waals surface area contributed by atoms with Crippen LogP contribution in [0, 0.1) is 0 Å². The van der Waals surface area contributed by atoms with Gasteiger partial charge in [-0.1, -0.05) is 127 Å². The fourth-order valence-electron chi connectivity index (χ4n) is 8.02. The van der Waals surface area contributed by atoms with Gasteiger partial charge >= 0.3 is 0 Å². The highest BCUT2D eigenvalue weighted by Crippen LogP contribution is 2.47. The first-order valence-electron chi connectivity index (χ1n) is 16.4. The van der Waals surface area contributed by atoms with Crippen LogP contribution in [-0.2, 0) is 0 Å². The molecule has 0 N–H and O–H groups in total. The van der Waals surface area contributed by atoms with Gasteiger partial charge < -0.3 is 0 Å². The van der Waals surface area contributed by atoms with Crippen molar-refractivity contribution in [2.24, 2.45) is 0 Å². The third kappa shape index (κ3) is 3.76. The molecule has 0 fully saturated rings. The normalized spacial score (nSPS) is 12.2. The van der Waals surface area contributed by atoms with E-state index in [-0.39, 0.29) is 0 Å². The van der Waals surface area contributed by atoms with Crippen molar-refractivity contribution in [2.45, 2.75) is 0 Å². The van der Waals surface area contributed by atoms with Crippen LogP contribution < -0.4 is 0 Å². The molecule has 2 aromatic heterocycles. The van der Waals surface area contributed by atoms with Crippen LogP contribution in [0.5, 0.6) is 0 Å². The zero-order valence-corrected chi connectivity index (χ0v) is 27.5. The van der Waals surface area contributed by atoms with Crippen molar-refractivity contribution in [1.82, 2.24) is 0 Å². The summed E-state index contributed by atoms with van der Waals surface area (Å²) < 4.78 is 5.43. The second-order valence-electron chi connectivity index (χ2n) is 12.8. The molecule has 0 bridgehead atoms. The molecule has 0 radical (unpaired) electrons. The molecule has 11 rings (SSSR count). The Balaban J connectivity index is 1.17. The molecule has 0 unspecified atom stereocenters. The van der Waals surface area contributed by atoms with E-state index >= 15 is 0 Å². The SMILES string of the molecule is c1ccc2cc(-c3c4ccccc4c(-c4ccc5sc6cc7c(cc6c5c4)sc4c5ccccc5ccc74)c4ccccc34)ccc2c1. The monoisotopic (exact) mass is 642 g/mol. The van der Waals surface area contributed by atoms with Gasteiger partial charge in [-0.25, -0.2) is 0 Å². The molecule has 0 aliphatic heterocycles. The first-order valence-corrected chi connectivity index (χ1v) is 18.1. The number of benzene rings is 9. The van der Waals surface area contributed by atoms with E-state index in [0.29, 0.717) is 0 Å². The van der Waals surface area contributed by atoms with Crippen LogP contribution in [0.25, 0.3) is 106 Å². The summed E-state index contributed by atoms with van der Waals surface area (Å²) in [5, 5.41) is 15.7. The van der Waals surface area contributed by atoms with Crippen LogP contribution in [0.15, 0.2) is 158 Å². The van der Waals surface area contributed by atoms with Gasteiger partial charge in [-0.15, -0.1) is 22.7 Å². The van der Waals surface area contributed by atoms with E-state index in [1.165, 1.54) is 106 Å². The molecule has 11 aromatic rings. The quantitative estimate of drug-likeness (QED) is 0.165. The standard InChI is InChI=1S/C46H26S2/c1-2-11-29-23-30(18-17-27(29)9-1)44-33-13-5-7-15-35(33)45(36-16-8-6-14-34(36)44)31-20-22-41-38(24-31)40-26-43-39(25-42(40)47-41)37-21-19-28-10-3-4-12-32(28)46(37)48-43/h1-26H. The number of hydrogen-bond donors (Lipinski definition) is 0. The van der Waals surface area contributed by atoms with Gasteiger partial charge in [0.2, 0.25) is 0 Å². The van der Waals surface area contributed by atoms with E-state index in [9.17, 15) is 0 Å². The zero-order valence-electron chi connectivity index (χ0n) is 25.8. The lowest BCUT2D eigenvalue weighted by Crippen LogP contribution is -1.91. The first kappa shape index (κ1) is 26.5. The minimum atomic E-state index is 1.26. The molecule has 2 heteroatoms. The van der Waals surface area contributed by atoms with Crippen LogP contribution in [0.1, 0.15) is 0 Å². The van der Waals surface area contributed by atoms with Gasteiger partial charge in [0.25, 0.3) is 0 Å². The minimum absolute atomic E-state index is 1.26. The fraction of sp³-hybridized carbons (Fsp3) is 0. The molecule has 222 valence electrons. The van der Waals surface area contributed by atoms with E-state index in [1.54, 1.807) is 0 Å². The van der Waals surface area contributed by atoms with Crippen LogP contribution in [-0.4, -0.2) is 0 Å². The van der Waals surface area contributed by atoms with Crippen LogP contribution in [0.4, 0.5) is 0 Å². The van der Waals surface area contributed by atoms with Gasteiger partial charge in [-0.2, -0.15) is 0 Å². The van der Waals surface area contributed by atoms with Crippen molar-refractivity contribution in [3.63, 3.8) is 0 Å². The Labute approximate surface area is 284 Å². The molecule has 2 heterocycles. The van der Waals surface area contributed by atoms with Crippen molar-refractivity contribution in [3.8, 4) is 22.3 Å². The Kier molecular flexibility index (Phi) is 5.51. The second kappa shape index (κ2) is 9.98. The highest BCUT2D eigenvalue weighted by molar-refractivity contribution is 7.28. The third-order valence-electron chi connectivity index (χ3n) is 10.2.